The SMILES string of the molecule is CN(C)Cc1[c]cccc1. The quantitative estimate of drug-likeness (QED) is 0.593. The van der Waals surface area contributed by atoms with E-state index in [0.29, 0.717) is 0 Å². The van der Waals surface area contributed by atoms with Gasteiger partial charge < -0.3 is 4.90 Å². The number of rotatable bonds is 2. The highest BCUT2D eigenvalue weighted by atomic mass is 15.0. The molecule has 1 aromatic rings. The molecule has 0 amide bonds. The molecule has 0 saturated carbocycles. The van der Waals surface area contributed by atoms with Crippen molar-refractivity contribution in [3.8, 4) is 0 Å². The molecule has 53 valence electrons. The van der Waals surface area contributed by atoms with Crippen LogP contribution in [0.3, 0.4) is 0 Å². The lowest BCUT2D eigenvalue weighted by Crippen LogP contribution is -2.10. The average Bonchev–Trinajstić information content (AvgIpc) is 1.88. The molecule has 1 radical (unpaired) electrons. The maximum absolute atomic E-state index is 3.16. The normalized spacial score (nSPS) is 10.3. The molecule has 0 atom stereocenters. The van der Waals surface area contributed by atoms with E-state index in [1.54, 1.807) is 0 Å². The summed E-state index contributed by atoms with van der Waals surface area (Å²) in [6.07, 6.45) is 0. The molecular weight excluding hydrogens is 122 g/mol. The van der Waals surface area contributed by atoms with Crippen molar-refractivity contribution in [3.05, 3.63) is 35.9 Å². The van der Waals surface area contributed by atoms with Gasteiger partial charge in [-0.1, -0.05) is 24.3 Å². The summed E-state index contributed by atoms with van der Waals surface area (Å²) in [5, 5.41) is 0. The van der Waals surface area contributed by atoms with Gasteiger partial charge in [0.15, 0.2) is 0 Å². The lowest BCUT2D eigenvalue weighted by atomic mass is 10.2. The predicted octanol–water partition coefficient (Wildman–Crippen LogP) is 1.55. The van der Waals surface area contributed by atoms with Crippen LogP contribution in [0.2, 0.25) is 0 Å². The third kappa shape index (κ3) is 2.19. The van der Waals surface area contributed by atoms with Crippen molar-refractivity contribution in [2.45, 2.75) is 6.54 Å². The topological polar surface area (TPSA) is 3.24 Å². The number of hydrogen-bond acceptors (Lipinski definition) is 1. The van der Waals surface area contributed by atoms with Crippen LogP contribution in [0.5, 0.6) is 0 Å². The van der Waals surface area contributed by atoms with Crippen LogP contribution in [0.4, 0.5) is 0 Å². The third-order valence-electron chi connectivity index (χ3n) is 1.26. The van der Waals surface area contributed by atoms with E-state index in [1.165, 1.54) is 5.56 Å². The van der Waals surface area contributed by atoms with E-state index in [0.717, 1.165) is 6.54 Å². The standard InChI is InChI=1S/C9H12N/c1-10(2)8-9-6-4-3-5-7-9/h3-6H,8H2,1-2H3. The molecule has 1 aromatic carbocycles. The molecule has 0 bridgehead atoms. The summed E-state index contributed by atoms with van der Waals surface area (Å²) in [6.45, 7) is 0.973. The first-order valence-corrected chi connectivity index (χ1v) is 3.39. The highest BCUT2D eigenvalue weighted by Crippen LogP contribution is 1.98. The van der Waals surface area contributed by atoms with Crippen molar-refractivity contribution < 1.29 is 0 Å². The zero-order chi connectivity index (χ0) is 7.40. The molecule has 1 heteroatoms. The molecule has 0 aromatic heterocycles. The Bertz CT molecular complexity index is 179. The molecule has 0 unspecified atom stereocenters. The van der Waals surface area contributed by atoms with E-state index in [2.05, 4.69) is 31.1 Å². The summed E-state index contributed by atoms with van der Waals surface area (Å²) in [6, 6.07) is 11.2. The Balaban J connectivity index is 2.59. The summed E-state index contributed by atoms with van der Waals surface area (Å²) < 4.78 is 0. The highest BCUT2D eigenvalue weighted by molar-refractivity contribution is 5.12. The number of benzene rings is 1. The predicted molar refractivity (Wildman–Crippen MR) is 42.7 cm³/mol. The highest BCUT2D eigenvalue weighted by Gasteiger charge is 1.91. The van der Waals surface area contributed by atoms with Gasteiger partial charge >= 0.3 is 0 Å². The maximum Gasteiger partial charge on any atom is 0.0233 e. The van der Waals surface area contributed by atoms with Gasteiger partial charge in [-0.3, -0.25) is 0 Å². The zero-order valence-corrected chi connectivity index (χ0v) is 6.46. The summed E-state index contributed by atoms with van der Waals surface area (Å²) in [4.78, 5) is 2.13. The van der Waals surface area contributed by atoms with Gasteiger partial charge in [-0.15, -0.1) is 0 Å². The Morgan fingerprint density at radius 3 is 2.70 bits per heavy atom. The fourth-order valence-corrected chi connectivity index (χ4v) is 0.870. The van der Waals surface area contributed by atoms with E-state index in [4.69, 9.17) is 0 Å². The second-order valence-corrected chi connectivity index (χ2v) is 2.63. The molecule has 1 rings (SSSR count). The van der Waals surface area contributed by atoms with Crippen molar-refractivity contribution >= 4 is 0 Å². The lowest BCUT2D eigenvalue weighted by Gasteiger charge is -2.07. The smallest absolute Gasteiger partial charge is 0.0233 e. The first kappa shape index (κ1) is 7.29. The molecule has 0 aliphatic heterocycles. The van der Waals surface area contributed by atoms with Gasteiger partial charge in [-0.25, -0.2) is 0 Å². The van der Waals surface area contributed by atoms with E-state index in [1.807, 2.05) is 18.2 Å². The summed E-state index contributed by atoms with van der Waals surface area (Å²) in [5.41, 5.74) is 1.24. The Morgan fingerprint density at radius 1 is 1.40 bits per heavy atom. The largest absolute Gasteiger partial charge is 0.305 e. The van der Waals surface area contributed by atoms with Crippen LogP contribution in [0.25, 0.3) is 0 Å². The fourth-order valence-electron chi connectivity index (χ4n) is 0.870. The van der Waals surface area contributed by atoms with Crippen molar-refractivity contribution in [1.82, 2.24) is 4.90 Å². The minimum Gasteiger partial charge on any atom is -0.305 e. The van der Waals surface area contributed by atoms with Crippen molar-refractivity contribution in [2.24, 2.45) is 0 Å². The molecule has 0 heterocycles. The first-order valence-electron chi connectivity index (χ1n) is 3.39. The summed E-state index contributed by atoms with van der Waals surface area (Å²) in [7, 11) is 4.11. The Kier molecular flexibility index (Phi) is 2.46. The Morgan fingerprint density at radius 2 is 2.20 bits per heavy atom. The molecular formula is C9H12N. The van der Waals surface area contributed by atoms with Gasteiger partial charge in [0, 0.05) is 6.54 Å². The van der Waals surface area contributed by atoms with Crippen LogP contribution >= 0.6 is 0 Å². The van der Waals surface area contributed by atoms with Gasteiger partial charge in [0.1, 0.15) is 0 Å². The molecule has 0 aliphatic rings. The fraction of sp³-hybridized carbons (Fsp3) is 0.333. The van der Waals surface area contributed by atoms with E-state index in [9.17, 15) is 0 Å². The van der Waals surface area contributed by atoms with Crippen LogP contribution in [0.1, 0.15) is 5.56 Å². The van der Waals surface area contributed by atoms with E-state index < -0.39 is 0 Å². The molecule has 0 saturated heterocycles. The first-order chi connectivity index (χ1) is 4.79. The molecule has 0 fully saturated rings. The molecule has 0 spiro atoms. The van der Waals surface area contributed by atoms with Crippen LogP contribution in [-0.2, 0) is 6.54 Å². The Labute approximate surface area is 62.3 Å². The monoisotopic (exact) mass is 134 g/mol. The van der Waals surface area contributed by atoms with E-state index >= 15 is 0 Å². The molecule has 0 N–H and O–H groups in total. The van der Waals surface area contributed by atoms with Crippen LogP contribution in [0, 0.1) is 6.07 Å². The zero-order valence-electron chi connectivity index (χ0n) is 6.46. The van der Waals surface area contributed by atoms with Gasteiger partial charge in [0.2, 0.25) is 0 Å². The maximum atomic E-state index is 3.16. The van der Waals surface area contributed by atoms with Crippen molar-refractivity contribution in [1.29, 1.82) is 0 Å². The Hall–Kier alpha value is -0.820. The third-order valence-corrected chi connectivity index (χ3v) is 1.26. The van der Waals surface area contributed by atoms with Crippen LogP contribution in [-0.4, -0.2) is 19.0 Å². The van der Waals surface area contributed by atoms with Crippen molar-refractivity contribution in [2.75, 3.05) is 14.1 Å². The van der Waals surface area contributed by atoms with Crippen LogP contribution in [0.15, 0.2) is 24.3 Å². The minimum absolute atomic E-state index is 0.973. The summed E-state index contributed by atoms with van der Waals surface area (Å²) >= 11 is 0. The minimum atomic E-state index is 0.973. The van der Waals surface area contributed by atoms with Gasteiger partial charge in [-0.2, -0.15) is 0 Å². The lowest BCUT2D eigenvalue weighted by molar-refractivity contribution is 0.402. The van der Waals surface area contributed by atoms with Gasteiger partial charge in [0.05, 0.1) is 0 Å². The van der Waals surface area contributed by atoms with Crippen LogP contribution < -0.4 is 0 Å². The number of nitrogens with zero attached hydrogens (tertiary/aromatic N) is 1. The second-order valence-electron chi connectivity index (χ2n) is 2.63. The molecule has 1 nitrogen and oxygen atoms in total. The molecule has 0 aliphatic carbocycles. The van der Waals surface area contributed by atoms with Gasteiger partial charge in [-0.05, 0) is 25.7 Å². The van der Waals surface area contributed by atoms with E-state index in [-0.39, 0.29) is 0 Å². The van der Waals surface area contributed by atoms with Crippen molar-refractivity contribution in [3.63, 3.8) is 0 Å². The second kappa shape index (κ2) is 3.37. The molecule has 10 heavy (non-hydrogen) atoms. The average molecular weight is 134 g/mol. The number of hydrogen-bond donors (Lipinski definition) is 0. The summed E-state index contributed by atoms with van der Waals surface area (Å²) in [5.74, 6) is 0. The van der Waals surface area contributed by atoms with Gasteiger partial charge in [0.25, 0.3) is 0 Å².